The van der Waals surface area contributed by atoms with Crippen LogP contribution in [0.3, 0.4) is 0 Å². The summed E-state index contributed by atoms with van der Waals surface area (Å²) in [7, 11) is 1.65. The molecule has 0 spiro atoms. The van der Waals surface area contributed by atoms with Crippen molar-refractivity contribution >= 4 is 23.0 Å². The minimum Gasteiger partial charge on any atom is -0.497 e. The number of nitrogens with one attached hydrogen (secondary N) is 3. The lowest BCUT2D eigenvalue weighted by Gasteiger charge is -2.12. The van der Waals surface area contributed by atoms with Crippen molar-refractivity contribution in [1.82, 2.24) is 16.1 Å². The topological polar surface area (TPSA) is 63.8 Å². The Hall–Kier alpha value is -2.77. The van der Waals surface area contributed by atoms with E-state index in [9.17, 15) is 0 Å². The Balaban J connectivity index is 1.59. The molecule has 3 N–H and O–H groups in total. The van der Waals surface area contributed by atoms with Crippen LogP contribution in [0.1, 0.15) is 30.9 Å². The van der Waals surface area contributed by atoms with Crippen LogP contribution in [0.15, 0.2) is 54.6 Å². The molecule has 2 aromatic carbocycles. The summed E-state index contributed by atoms with van der Waals surface area (Å²) in [4.78, 5) is 5.70. The lowest BCUT2D eigenvalue weighted by Crippen LogP contribution is -2.37. The number of ether oxygens (including phenoxy) is 2. The molecule has 6 nitrogen and oxygen atoms in total. The Morgan fingerprint density at radius 3 is 2.63 bits per heavy atom. The van der Waals surface area contributed by atoms with Gasteiger partial charge in [-0.15, -0.1) is 0 Å². The van der Waals surface area contributed by atoms with Gasteiger partial charge < -0.3 is 20.1 Å². The van der Waals surface area contributed by atoms with Gasteiger partial charge in [-0.1, -0.05) is 37.3 Å². The van der Waals surface area contributed by atoms with Crippen molar-refractivity contribution in [1.29, 1.82) is 0 Å². The third-order valence-electron chi connectivity index (χ3n) is 4.60. The summed E-state index contributed by atoms with van der Waals surface area (Å²) < 4.78 is 11.4. The van der Waals surface area contributed by atoms with E-state index in [4.69, 9.17) is 26.5 Å². The molecule has 1 aliphatic rings. The van der Waals surface area contributed by atoms with E-state index >= 15 is 0 Å². The lowest BCUT2D eigenvalue weighted by atomic mass is 10.1. The largest absolute Gasteiger partial charge is 0.497 e. The van der Waals surface area contributed by atoms with Crippen molar-refractivity contribution in [3.8, 4) is 11.5 Å². The molecule has 0 aliphatic carbocycles. The average Bonchev–Trinajstić information content (AvgIpc) is 3.26. The van der Waals surface area contributed by atoms with Crippen LogP contribution in [0.5, 0.6) is 11.5 Å². The highest BCUT2D eigenvalue weighted by Gasteiger charge is 2.18. The molecule has 1 atom stereocenters. The lowest BCUT2D eigenvalue weighted by molar-refractivity contribution is 0.0476. The van der Waals surface area contributed by atoms with Crippen LogP contribution in [0.2, 0.25) is 0 Å². The van der Waals surface area contributed by atoms with Gasteiger partial charge in [0.15, 0.2) is 5.11 Å². The van der Waals surface area contributed by atoms with Gasteiger partial charge in [0.2, 0.25) is 0 Å². The minimum atomic E-state index is -0.0404. The zero-order valence-corrected chi connectivity index (χ0v) is 18.3. The first kappa shape index (κ1) is 21.9. The van der Waals surface area contributed by atoms with Gasteiger partial charge in [-0.25, -0.2) is 0 Å². The molecule has 3 rings (SSSR count). The van der Waals surface area contributed by atoms with E-state index in [0.717, 1.165) is 54.3 Å². The van der Waals surface area contributed by atoms with Crippen molar-refractivity contribution in [2.75, 3.05) is 20.2 Å². The fraction of sp³-hybridized carbons (Fsp3) is 0.348. The quantitative estimate of drug-likeness (QED) is 0.499. The molecule has 30 heavy (non-hydrogen) atoms. The molecular formula is C23H29N3O3S. The fourth-order valence-electron chi connectivity index (χ4n) is 2.99. The fourth-order valence-corrected chi connectivity index (χ4v) is 3.19. The van der Waals surface area contributed by atoms with Gasteiger partial charge >= 0.3 is 0 Å². The van der Waals surface area contributed by atoms with Gasteiger partial charge in [0.1, 0.15) is 24.2 Å². The summed E-state index contributed by atoms with van der Waals surface area (Å²) in [6, 6.07) is 15.9. The minimum absolute atomic E-state index is 0.0404. The number of thiocarbonyl (C=S) groups is 1. The maximum absolute atomic E-state index is 5.98. The number of hydroxylamine groups is 1. The first-order valence-electron chi connectivity index (χ1n) is 10.2. The van der Waals surface area contributed by atoms with Crippen LogP contribution in [-0.2, 0) is 11.4 Å². The standard InChI is InChI=1S/C23H29N3O3S/c1-3-10-24-23(30)25-11-9-19-15-22(26-29-19)18-12-20(27-2)14-21(13-18)28-16-17-7-5-4-6-8-17/h4-8,12-15,19,26H,3,9-11,16H2,1-2H3,(H2,24,25,30). The van der Waals surface area contributed by atoms with Crippen molar-refractivity contribution in [3.05, 3.63) is 65.7 Å². The van der Waals surface area contributed by atoms with E-state index in [1.165, 1.54) is 0 Å². The first-order chi connectivity index (χ1) is 14.7. The number of benzene rings is 2. The second kappa shape index (κ2) is 11.4. The molecule has 1 heterocycles. The zero-order chi connectivity index (χ0) is 21.2. The second-order valence-corrected chi connectivity index (χ2v) is 7.39. The number of methoxy groups -OCH3 is 1. The molecule has 0 saturated heterocycles. The molecule has 160 valence electrons. The van der Waals surface area contributed by atoms with Gasteiger partial charge in [0, 0.05) is 24.7 Å². The molecule has 2 aromatic rings. The summed E-state index contributed by atoms with van der Waals surface area (Å²) in [5.41, 5.74) is 5.98. The van der Waals surface area contributed by atoms with Crippen LogP contribution in [0.25, 0.3) is 5.70 Å². The Bertz CT molecular complexity index is 858. The predicted molar refractivity (Wildman–Crippen MR) is 123 cm³/mol. The summed E-state index contributed by atoms with van der Waals surface area (Å²) in [5.74, 6) is 1.48. The Kier molecular flexibility index (Phi) is 8.35. The molecule has 1 unspecified atom stereocenters. The van der Waals surface area contributed by atoms with Crippen molar-refractivity contribution in [2.45, 2.75) is 32.5 Å². The first-order valence-corrected chi connectivity index (χ1v) is 10.6. The molecule has 0 aromatic heterocycles. The second-order valence-electron chi connectivity index (χ2n) is 6.98. The van der Waals surface area contributed by atoms with E-state index in [1.54, 1.807) is 7.11 Å². The SMILES string of the molecule is CCCNC(=S)NCCC1C=C(c2cc(OC)cc(OCc3ccccc3)c2)NO1. The molecular weight excluding hydrogens is 398 g/mol. The maximum Gasteiger partial charge on any atom is 0.166 e. The van der Waals surface area contributed by atoms with Crippen LogP contribution >= 0.6 is 12.2 Å². The molecule has 0 saturated carbocycles. The third kappa shape index (κ3) is 6.64. The zero-order valence-electron chi connectivity index (χ0n) is 17.4. The van der Waals surface area contributed by atoms with E-state index < -0.39 is 0 Å². The Morgan fingerprint density at radius 1 is 1.10 bits per heavy atom. The molecule has 0 fully saturated rings. The van der Waals surface area contributed by atoms with Crippen molar-refractivity contribution in [3.63, 3.8) is 0 Å². The van der Waals surface area contributed by atoms with Gasteiger partial charge in [-0.2, -0.15) is 0 Å². The highest BCUT2D eigenvalue weighted by atomic mass is 32.1. The average molecular weight is 428 g/mol. The highest BCUT2D eigenvalue weighted by molar-refractivity contribution is 7.80. The highest BCUT2D eigenvalue weighted by Crippen LogP contribution is 2.29. The summed E-state index contributed by atoms with van der Waals surface area (Å²) >= 11 is 5.24. The number of hydrogen-bond donors (Lipinski definition) is 3. The van der Waals surface area contributed by atoms with Crippen molar-refractivity contribution < 1.29 is 14.3 Å². The predicted octanol–water partition coefficient (Wildman–Crippen LogP) is 3.78. The van der Waals surface area contributed by atoms with E-state index in [-0.39, 0.29) is 6.10 Å². The smallest absolute Gasteiger partial charge is 0.166 e. The van der Waals surface area contributed by atoms with Crippen LogP contribution in [-0.4, -0.2) is 31.4 Å². The molecule has 0 radical (unpaired) electrons. The Morgan fingerprint density at radius 2 is 1.87 bits per heavy atom. The van der Waals surface area contributed by atoms with Crippen LogP contribution in [0.4, 0.5) is 0 Å². The molecule has 1 aliphatic heterocycles. The van der Waals surface area contributed by atoms with Gasteiger partial charge in [-0.05, 0) is 48.8 Å². The van der Waals surface area contributed by atoms with Crippen LogP contribution in [0, 0.1) is 0 Å². The molecule has 0 bridgehead atoms. The molecule has 0 amide bonds. The van der Waals surface area contributed by atoms with Gasteiger partial charge in [0.25, 0.3) is 0 Å². The summed E-state index contributed by atoms with van der Waals surface area (Å²) in [6.45, 7) is 4.21. The van der Waals surface area contributed by atoms with Crippen molar-refractivity contribution in [2.24, 2.45) is 0 Å². The number of hydrogen-bond acceptors (Lipinski definition) is 5. The maximum atomic E-state index is 5.98. The summed E-state index contributed by atoms with van der Waals surface area (Å²) in [5, 5.41) is 7.04. The van der Waals surface area contributed by atoms with Crippen LogP contribution < -0.4 is 25.6 Å². The van der Waals surface area contributed by atoms with E-state index in [1.807, 2.05) is 48.5 Å². The third-order valence-corrected chi connectivity index (χ3v) is 4.89. The van der Waals surface area contributed by atoms with E-state index in [2.05, 4.69) is 29.1 Å². The van der Waals surface area contributed by atoms with Gasteiger partial charge in [-0.3, -0.25) is 10.3 Å². The van der Waals surface area contributed by atoms with E-state index in [0.29, 0.717) is 11.7 Å². The summed E-state index contributed by atoms with van der Waals surface area (Å²) in [6.07, 6.45) is 3.87. The normalized spacial score (nSPS) is 15.1. The molecule has 7 heteroatoms. The Labute approximate surface area is 183 Å². The monoisotopic (exact) mass is 427 g/mol. The number of rotatable bonds is 10. The van der Waals surface area contributed by atoms with Gasteiger partial charge in [0.05, 0.1) is 12.8 Å².